The second kappa shape index (κ2) is 17.9. The number of para-hydroxylation sites is 1. The Bertz CT molecular complexity index is 3120. The molecule has 3 heterocycles. The summed E-state index contributed by atoms with van der Waals surface area (Å²) in [5.41, 5.74) is 11.7. The van der Waals surface area contributed by atoms with Gasteiger partial charge in [-0.2, -0.15) is 6.07 Å². The molecular formula is C62H65N4OPt-3. The summed E-state index contributed by atoms with van der Waals surface area (Å²) >= 11 is 0. The molecule has 68 heavy (non-hydrogen) atoms. The zero-order chi connectivity index (χ0) is 47.7. The Morgan fingerprint density at radius 1 is 0.471 bits per heavy atom. The van der Waals surface area contributed by atoms with Crippen LogP contribution in [0.3, 0.4) is 0 Å². The van der Waals surface area contributed by atoms with E-state index in [4.69, 9.17) is 9.72 Å². The summed E-state index contributed by atoms with van der Waals surface area (Å²) in [6.07, 6.45) is 1.93. The fourth-order valence-corrected chi connectivity index (χ4v) is 9.72. The van der Waals surface area contributed by atoms with Gasteiger partial charge in [-0.05, 0) is 63.4 Å². The van der Waals surface area contributed by atoms with Crippen molar-refractivity contribution in [3.8, 4) is 17.3 Å². The molecule has 0 aliphatic carbocycles. The third kappa shape index (κ3) is 9.07. The van der Waals surface area contributed by atoms with Crippen LogP contribution in [0.1, 0.15) is 118 Å². The average molecular weight is 1080 g/mol. The van der Waals surface area contributed by atoms with Crippen molar-refractivity contribution in [3.05, 3.63) is 210 Å². The van der Waals surface area contributed by atoms with Gasteiger partial charge in [0.05, 0.1) is 0 Å². The number of allylic oxidation sites excluding steroid dienone is 2. The third-order valence-corrected chi connectivity index (χ3v) is 13.6. The first-order chi connectivity index (χ1) is 31.6. The van der Waals surface area contributed by atoms with Crippen molar-refractivity contribution in [2.75, 3.05) is 9.80 Å². The number of nitrogens with zero attached hydrogens (tertiary/aromatic N) is 4. The first kappa shape index (κ1) is 48.6. The summed E-state index contributed by atoms with van der Waals surface area (Å²) in [4.78, 5) is 9.72. The first-order valence-electron chi connectivity index (χ1n) is 23.7. The van der Waals surface area contributed by atoms with Gasteiger partial charge in [-0.15, -0.1) is 53.6 Å². The zero-order valence-electron chi connectivity index (χ0n) is 42.0. The molecule has 5 nitrogen and oxygen atoms in total. The van der Waals surface area contributed by atoms with Crippen LogP contribution in [-0.2, 0) is 37.3 Å². The van der Waals surface area contributed by atoms with E-state index in [1.807, 2.05) is 12.3 Å². The molecule has 0 fully saturated rings. The molecule has 352 valence electrons. The number of aromatic nitrogens is 2. The summed E-state index contributed by atoms with van der Waals surface area (Å²) < 4.78 is 9.16. The van der Waals surface area contributed by atoms with E-state index in [0.29, 0.717) is 11.5 Å². The first-order valence-corrected chi connectivity index (χ1v) is 23.7. The molecule has 1 aliphatic rings. The Morgan fingerprint density at radius 3 is 1.63 bits per heavy atom. The average Bonchev–Trinajstić information content (AvgIpc) is 3.88. The summed E-state index contributed by atoms with van der Waals surface area (Å²) in [6, 6.07) is 59.5. The molecule has 0 unspecified atom stereocenters. The molecule has 0 N–H and O–H groups in total. The van der Waals surface area contributed by atoms with E-state index < -0.39 is 0 Å². The van der Waals surface area contributed by atoms with Crippen molar-refractivity contribution in [1.29, 1.82) is 0 Å². The van der Waals surface area contributed by atoms with Crippen molar-refractivity contribution in [2.45, 2.75) is 106 Å². The number of hydrogen-bond donors (Lipinski definition) is 0. The molecule has 0 bridgehead atoms. The maximum Gasteiger partial charge on any atom is 0.135 e. The topological polar surface area (TPSA) is 33.5 Å². The number of rotatable bonds is 9. The summed E-state index contributed by atoms with van der Waals surface area (Å²) in [5.74, 6) is 2.08. The molecule has 0 spiro atoms. The molecule has 6 aromatic carbocycles. The van der Waals surface area contributed by atoms with Gasteiger partial charge in [-0.25, -0.2) is 4.98 Å². The van der Waals surface area contributed by atoms with Gasteiger partial charge in [0.1, 0.15) is 5.82 Å². The summed E-state index contributed by atoms with van der Waals surface area (Å²) in [7, 11) is 0. The molecule has 0 saturated heterocycles. The fraction of sp³-hybridized carbons (Fsp3) is 0.290. The molecule has 0 amide bonds. The number of fused-ring (bicyclic) bond motifs is 3. The Kier molecular flexibility index (Phi) is 12.8. The Balaban J connectivity index is 0.00000625. The van der Waals surface area contributed by atoms with Gasteiger partial charge in [0, 0.05) is 83.0 Å². The van der Waals surface area contributed by atoms with E-state index in [2.05, 4.69) is 263 Å². The van der Waals surface area contributed by atoms with Crippen molar-refractivity contribution >= 4 is 33.2 Å². The van der Waals surface area contributed by atoms with Crippen LogP contribution in [-0.4, -0.2) is 9.55 Å². The largest absolute Gasteiger partial charge is 0.509 e. The van der Waals surface area contributed by atoms with E-state index in [0.717, 1.165) is 44.6 Å². The zero-order valence-corrected chi connectivity index (χ0v) is 44.3. The number of benzene rings is 6. The van der Waals surface area contributed by atoms with E-state index in [-0.39, 0.29) is 48.1 Å². The normalized spacial score (nSPS) is 14.0. The minimum atomic E-state index is -0.231. The van der Waals surface area contributed by atoms with Crippen molar-refractivity contribution in [1.82, 2.24) is 9.55 Å². The van der Waals surface area contributed by atoms with E-state index in [1.165, 1.54) is 33.6 Å². The van der Waals surface area contributed by atoms with Gasteiger partial charge < -0.3 is 19.1 Å². The standard InChI is InChI=1S/C62H65N4O.Pt/c1-58(2,3)46-36-48(65-41-64(56(59(4,5)6)57(65)60(7,8)9)47-30-28-44(29-31-47)61(10,11)42-22-16-14-17-23-42)39-50(37-46)67-49-32-33-52-51-26-20-21-27-53(51)66(54(52)40-49)55-38-45(34-35-63-55)62(12,13)43-24-18-15-19-25-43;/h14-38,41H,1-13H3;/q-3;. The maximum atomic E-state index is 6.94. The van der Waals surface area contributed by atoms with Crippen LogP contribution in [0.15, 0.2) is 163 Å². The van der Waals surface area contributed by atoms with Gasteiger partial charge in [0.25, 0.3) is 0 Å². The Hall–Kier alpha value is -5.90. The monoisotopic (exact) mass is 1080 g/mol. The van der Waals surface area contributed by atoms with Crippen LogP contribution in [0.2, 0.25) is 0 Å². The van der Waals surface area contributed by atoms with Gasteiger partial charge in [0.15, 0.2) is 0 Å². The molecule has 0 radical (unpaired) electrons. The second-order valence-corrected chi connectivity index (χ2v) is 22.4. The molecular weight excluding hydrogens is 1010 g/mol. The predicted octanol–water partition coefficient (Wildman–Crippen LogP) is 16.3. The van der Waals surface area contributed by atoms with Crippen molar-refractivity contribution in [3.63, 3.8) is 0 Å². The van der Waals surface area contributed by atoms with Crippen molar-refractivity contribution < 1.29 is 25.8 Å². The van der Waals surface area contributed by atoms with Crippen LogP contribution in [0.4, 0.5) is 11.4 Å². The molecule has 1 aliphatic heterocycles. The van der Waals surface area contributed by atoms with Gasteiger partial charge >= 0.3 is 0 Å². The smallest absolute Gasteiger partial charge is 0.135 e. The van der Waals surface area contributed by atoms with Gasteiger partial charge in [-0.3, -0.25) is 0 Å². The number of hydrogen-bond acceptors (Lipinski definition) is 4. The third-order valence-electron chi connectivity index (χ3n) is 13.6. The minimum absolute atomic E-state index is 0. The molecule has 9 rings (SSSR count). The van der Waals surface area contributed by atoms with E-state index >= 15 is 0 Å². The Labute approximate surface area is 420 Å². The second-order valence-electron chi connectivity index (χ2n) is 22.4. The van der Waals surface area contributed by atoms with E-state index in [1.54, 1.807) is 0 Å². The maximum absolute atomic E-state index is 6.94. The minimum Gasteiger partial charge on any atom is -0.509 e. The predicted molar refractivity (Wildman–Crippen MR) is 280 cm³/mol. The summed E-state index contributed by atoms with van der Waals surface area (Å²) in [5, 5.41) is 2.22. The van der Waals surface area contributed by atoms with Crippen LogP contribution in [0, 0.1) is 29.6 Å². The summed E-state index contributed by atoms with van der Waals surface area (Å²) in [6.45, 7) is 32.1. The molecule has 2 aromatic heterocycles. The fourth-order valence-electron chi connectivity index (χ4n) is 9.72. The van der Waals surface area contributed by atoms with E-state index in [9.17, 15) is 0 Å². The van der Waals surface area contributed by atoms with Gasteiger partial charge in [-0.1, -0.05) is 187 Å². The van der Waals surface area contributed by atoms with Crippen LogP contribution in [0.5, 0.6) is 11.5 Å². The SMILES string of the molecule is CC(C)(C)C1=C(C(C)(C)C)N(c2ccc(C(C)(C)c3ccccc3)cc2)[CH-]N1c1[c-]c(Oc2[c-]c3c(cc2)c2ccccc2n3-c2cc(C(C)(C)c3ccccc3)ccn2)cc(C(C)(C)C)c1.[Pt]. The Morgan fingerprint density at radius 2 is 1.03 bits per heavy atom. The molecule has 0 atom stereocenters. The van der Waals surface area contributed by atoms with Gasteiger partial charge in [0.2, 0.25) is 0 Å². The molecule has 0 saturated carbocycles. The molecule has 6 heteroatoms. The number of anilines is 2. The quantitative estimate of drug-likeness (QED) is 0.135. The van der Waals surface area contributed by atoms with Crippen LogP contribution in [0.25, 0.3) is 27.6 Å². The molecule has 8 aromatic rings. The number of pyridine rings is 1. The van der Waals surface area contributed by atoms with Crippen LogP contribution < -0.4 is 14.5 Å². The van der Waals surface area contributed by atoms with Crippen molar-refractivity contribution in [2.24, 2.45) is 10.8 Å². The number of ether oxygens (including phenoxy) is 1. The van der Waals surface area contributed by atoms with Crippen LogP contribution >= 0.6 is 0 Å².